The molecule has 31 heavy (non-hydrogen) atoms. The summed E-state index contributed by atoms with van der Waals surface area (Å²) >= 11 is 0. The minimum atomic E-state index is -4.79. The van der Waals surface area contributed by atoms with Crippen LogP contribution >= 0.6 is 7.82 Å². The Labute approximate surface area is 178 Å². The van der Waals surface area contributed by atoms with Crippen molar-refractivity contribution < 1.29 is 28.8 Å². The molecule has 0 radical (unpaired) electrons. The van der Waals surface area contributed by atoms with E-state index in [0.717, 1.165) is 22.5 Å². The number of hydrazine groups is 1. The molecule has 1 aromatic heterocycles. The number of carbonyl (C=O) groups excluding carboxylic acids is 1. The number of phenols is 1. The first-order valence-electron chi connectivity index (χ1n) is 9.60. The molecule has 0 aliphatic carbocycles. The number of phosphoric ester groups is 1. The molecule has 1 aliphatic rings. The van der Waals surface area contributed by atoms with Gasteiger partial charge < -0.3 is 14.2 Å². The number of aromatic nitrogens is 1. The number of benzene rings is 2. The quantitative estimate of drug-likeness (QED) is 0.380. The van der Waals surface area contributed by atoms with E-state index >= 15 is 0 Å². The van der Waals surface area contributed by atoms with Crippen molar-refractivity contribution in [1.82, 2.24) is 15.4 Å². The van der Waals surface area contributed by atoms with Crippen LogP contribution < -0.4 is 20.3 Å². The Morgan fingerprint density at radius 3 is 2.65 bits per heavy atom. The van der Waals surface area contributed by atoms with E-state index < -0.39 is 20.0 Å². The van der Waals surface area contributed by atoms with Crippen LogP contribution in [0.1, 0.15) is 29.8 Å². The van der Waals surface area contributed by atoms with Crippen LogP contribution in [0.5, 0.6) is 11.5 Å². The number of amides is 2. The van der Waals surface area contributed by atoms with Crippen molar-refractivity contribution in [2.24, 2.45) is 7.05 Å². The summed E-state index contributed by atoms with van der Waals surface area (Å²) in [5, 5.41) is 11.6. The molecule has 0 saturated carbocycles. The highest BCUT2D eigenvalue weighted by atomic mass is 31.2. The molecular weight excluding hydrogens is 423 g/mol. The van der Waals surface area contributed by atoms with Crippen molar-refractivity contribution in [1.29, 1.82) is 0 Å². The van der Waals surface area contributed by atoms with Gasteiger partial charge in [0.2, 0.25) is 0 Å². The maximum Gasteiger partial charge on any atom is 0.524 e. The number of aryl methyl sites for hydroxylation is 3. The van der Waals surface area contributed by atoms with Gasteiger partial charge in [0.1, 0.15) is 17.7 Å². The normalized spacial score (nSPS) is 16.7. The van der Waals surface area contributed by atoms with Gasteiger partial charge in [-0.05, 0) is 48.7 Å². The standard InChI is InChI=1S/C20H23N4O6P/c1-4-12-7-15(17(25)9-18(12)30-31(27,28)29)19-21-22-20(26)24(19)13-5-6-16-14(8-13)11(2)10-23(16)3/h5-10,19,21,25H,4H2,1-3H3,(H,22,26)(H2,27,28,29). The number of urea groups is 1. The number of phosphoric acid groups is 1. The third-order valence-electron chi connectivity index (χ3n) is 5.35. The molecule has 11 heteroatoms. The van der Waals surface area contributed by atoms with Crippen LogP contribution in [0.3, 0.4) is 0 Å². The Balaban J connectivity index is 1.78. The number of nitrogens with zero attached hydrogens (tertiary/aromatic N) is 2. The Hall–Kier alpha value is -3.04. The average molecular weight is 446 g/mol. The van der Waals surface area contributed by atoms with E-state index in [0.29, 0.717) is 23.2 Å². The molecule has 1 aliphatic heterocycles. The topological polar surface area (TPSA) is 136 Å². The third-order valence-corrected chi connectivity index (χ3v) is 5.78. The molecule has 1 unspecified atom stereocenters. The predicted molar refractivity (Wildman–Crippen MR) is 115 cm³/mol. The van der Waals surface area contributed by atoms with Crippen molar-refractivity contribution in [3.8, 4) is 11.5 Å². The van der Waals surface area contributed by atoms with E-state index in [2.05, 4.69) is 10.9 Å². The average Bonchev–Trinajstić information content (AvgIpc) is 3.20. The molecule has 10 nitrogen and oxygen atoms in total. The lowest BCUT2D eigenvalue weighted by molar-refractivity contribution is 0.250. The van der Waals surface area contributed by atoms with Gasteiger partial charge in [0, 0.05) is 41.5 Å². The van der Waals surface area contributed by atoms with Gasteiger partial charge >= 0.3 is 13.9 Å². The first-order chi connectivity index (χ1) is 14.6. The van der Waals surface area contributed by atoms with Crippen molar-refractivity contribution in [2.75, 3.05) is 4.90 Å². The molecule has 1 fully saturated rings. The number of anilines is 1. The lowest BCUT2D eigenvalue weighted by Crippen LogP contribution is -2.29. The second kappa shape index (κ2) is 7.58. The van der Waals surface area contributed by atoms with Crippen LogP contribution in [-0.2, 0) is 18.0 Å². The molecule has 164 valence electrons. The Kier molecular flexibility index (Phi) is 5.18. The zero-order chi connectivity index (χ0) is 22.5. The smallest absolute Gasteiger partial charge is 0.507 e. The summed E-state index contributed by atoms with van der Waals surface area (Å²) in [6.07, 6.45) is 1.66. The molecule has 1 atom stereocenters. The van der Waals surface area contributed by atoms with Gasteiger partial charge in [0.05, 0.1) is 0 Å². The van der Waals surface area contributed by atoms with E-state index in [1.165, 1.54) is 4.90 Å². The van der Waals surface area contributed by atoms with Crippen molar-refractivity contribution >= 4 is 30.4 Å². The van der Waals surface area contributed by atoms with Crippen molar-refractivity contribution in [3.63, 3.8) is 0 Å². The maximum atomic E-state index is 12.6. The highest BCUT2D eigenvalue weighted by Crippen LogP contribution is 2.43. The largest absolute Gasteiger partial charge is 0.524 e. The van der Waals surface area contributed by atoms with Gasteiger partial charge in [0.15, 0.2) is 0 Å². The molecule has 0 spiro atoms. The minimum Gasteiger partial charge on any atom is -0.507 e. The number of hydrogen-bond acceptors (Lipinski definition) is 5. The fourth-order valence-corrected chi connectivity index (χ4v) is 4.35. The second-order valence-electron chi connectivity index (χ2n) is 7.43. The minimum absolute atomic E-state index is 0.109. The van der Waals surface area contributed by atoms with Crippen LogP contribution in [0.2, 0.25) is 0 Å². The highest BCUT2D eigenvalue weighted by Gasteiger charge is 2.35. The van der Waals surface area contributed by atoms with Crippen LogP contribution in [-0.4, -0.2) is 25.5 Å². The first-order valence-corrected chi connectivity index (χ1v) is 11.1. The summed E-state index contributed by atoms with van der Waals surface area (Å²) in [5.41, 5.74) is 8.99. The molecule has 4 rings (SSSR count). The maximum absolute atomic E-state index is 12.6. The Bertz CT molecular complexity index is 1230. The molecular formula is C20H23N4O6P. The van der Waals surface area contributed by atoms with Crippen LogP contribution in [0, 0.1) is 6.92 Å². The van der Waals surface area contributed by atoms with Gasteiger partial charge in [-0.1, -0.05) is 6.92 Å². The second-order valence-corrected chi connectivity index (χ2v) is 8.59. The van der Waals surface area contributed by atoms with E-state index in [1.807, 2.05) is 42.9 Å². The molecule has 1 saturated heterocycles. The summed E-state index contributed by atoms with van der Waals surface area (Å²) < 4.78 is 18.0. The van der Waals surface area contributed by atoms with Gasteiger partial charge in [-0.15, -0.1) is 0 Å². The summed E-state index contributed by atoms with van der Waals surface area (Å²) in [5.74, 6) is -0.376. The summed E-state index contributed by atoms with van der Waals surface area (Å²) in [6, 6.07) is 7.98. The van der Waals surface area contributed by atoms with Gasteiger partial charge in [0.25, 0.3) is 0 Å². The fraction of sp³-hybridized carbons (Fsp3) is 0.250. The number of rotatable bonds is 5. The Morgan fingerprint density at radius 2 is 1.97 bits per heavy atom. The van der Waals surface area contributed by atoms with Crippen LogP contribution in [0.4, 0.5) is 10.5 Å². The lowest BCUT2D eigenvalue weighted by Gasteiger charge is -2.25. The van der Waals surface area contributed by atoms with Crippen molar-refractivity contribution in [2.45, 2.75) is 26.4 Å². The molecule has 2 heterocycles. The zero-order valence-electron chi connectivity index (χ0n) is 17.2. The van der Waals surface area contributed by atoms with Crippen LogP contribution in [0.25, 0.3) is 10.9 Å². The SMILES string of the molecule is CCc1cc(C2NNC(=O)N2c2ccc3c(c2)c(C)cn3C)c(O)cc1OP(=O)(O)O. The number of phenolic OH excluding ortho intramolecular Hbond substituents is 1. The lowest BCUT2D eigenvalue weighted by atomic mass is 10.0. The highest BCUT2D eigenvalue weighted by molar-refractivity contribution is 7.46. The fourth-order valence-electron chi connectivity index (χ4n) is 3.92. The number of fused-ring (bicyclic) bond motifs is 1. The van der Waals surface area contributed by atoms with Gasteiger partial charge in [-0.2, -0.15) is 0 Å². The van der Waals surface area contributed by atoms with E-state index in [9.17, 15) is 14.5 Å². The number of aromatic hydroxyl groups is 1. The predicted octanol–water partition coefficient (Wildman–Crippen LogP) is 2.96. The number of carbonyl (C=O) groups is 1. The van der Waals surface area contributed by atoms with Crippen LogP contribution in [0.15, 0.2) is 36.5 Å². The Morgan fingerprint density at radius 1 is 1.23 bits per heavy atom. The molecule has 0 bridgehead atoms. The summed E-state index contributed by atoms with van der Waals surface area (Å²) in [7, 11) is -2.84. The third kappa shape index (κ3) is 3.86. The van der Waals surface area contributed by atoms with Gasteiger partial charge in [-0.25, -0.2) is 14.8 Å². The first kappa shape index (κ1) is 21.2. The number of nitrogens with one attached hydrogen (secondary N) is 2. The molecule has 2 amide bonds. The van der Waals surface area contributed by atoms with Gasteiger partial charge in [-0.3, -0.25) is 20.1 Å². The molecule has 2 aromatic carbocycles. The molecule has 5 N–H and O–H groups in total. The summed E-state index contributed by atoms with van der Waals surface area (Å²) in [6.45, 7) is 3.78. The number of hydrogen-bond donors (Lipinski definition) is 5. The van der Waals surface area contributed by atoms with Crippen molar-refractivity contribution in [3.05, 3.63) is 53.2 Å². The summed E-state index contributed by atoms with van der Waals surface area (Å²) in [4.78, 5) is 32.4. The zero-order valence-corrected chi connectivity index (χ0v) is 18.1. The molecule has 3 aromatic rings. The van der Waals surface area contributed by atoms with E-state index in [1.54, 1.807) is 13.0 Å². The monoisotopic (exact) mass is 446 g/mol. The van der Waals surface area contributed by atoms with E-state index in [-0.39, 0.29) is 11.5 Å². The van der Waals surface area contributed by atoms with E-state index in [4.69, 9.17) is 14.3 Å².